The lowest BCUT2D eigenvalue weighted by Gasteiger charge is -2.39. The molecule has 166 valence electrons. The van der Waals surface area contributed by atoms with Gasteiger partial charge in [0.1, 0.15) is 4.88 Å². The molecule has 6 nitrogen and oxygen atoms in total. The Balaban J connectivity index is 1.53. The lowest BCUT2D eigenvalue weighted by Crippen LogP contribution is -2.44. The molecule has 0 radical (unpaired) electrons. The number of non-ortho nitro benzene ring substituents is 1. The van der Waals surface area contributed by atoms with E-state index in [1.807, 2.05) is 61.5 Å². The van der Waals surface area contributed by atoms with Crippen molar-refractivity contribution in [2.45, 2.75) is 25.4 Å². The number of hydrogen-bond donors (Lipinski definition) is 1. The van der Waals surface area contributed by atoms with E-state index in [0.29, 0.717) is 20.0 Å². The fourth-order valence-corrected chi connectivity index (χ4v) is 5.89. The van der Waals surface area contributed by atoms with Crippen LogP contribution in [0.25, 0.3) is 10.1 Å². The Kier molecular flexibility index (Phi) is 5.52. The van der Waals surface area contributed by atoms with E-state index < -0.39 is 4.92 Å². The summed E-state index contributed by atoms with van der Waals surface area (Å²) in [5.41, 5.74) is 2.89. The molecule has 1 aromatic heterocycles. The fourth-order valence-electron chi connectivity index (χ4n) is 4.41. The van der Waals surface area contributed by atoms with Gasteiger partial charge >= 0.3 is 0 Å². The Morgan fingerprint density at radius 1 is 1.12 bits per heavy atom. The minimum Gasteiger partial charge on any atom is -0.378 e. The van der Waals surface area contributed by atoms with Crippen molar-refractivity contribution in [2.75, 3.05) is 10.2 Å². The monoisotopic (exact) mass is 477 g/mol. The van der Waals surface area contributed by atoms with Gasteiger partial charge in [-0.25, -0.2) is 0 Å². The van der Waals surface area contributed by atoms with E-state index in [1.54, 1.807) is 11.0 Å². The van der Waals surface area contributed by atoms with Crippen molar-refractivity contribution in [1.82, 2.24) is 0 Å². The molecule has 0 spiro atoms. The van der Waals surface area contributed by atoms with Crippen LogP contribution in [0.2, 0.25) is 5.02 Å². The summed E-state index contributed by atoms with van der Waals surface area (Å²) in [6, 6.07) is 22.4. The van der Waals surface area contributed by atoms with Gasteiger partial charge in [0.25, 0.3) is 11.6 Å². The highest BCUT2D eigenvalue weighted by atomic mass is 35.5. The van der Waals surface area contributed by atoms with Crippen LogP contribution in [0.4, 0.5) is 17.1 Å². The minimum absolute atomic E-state index is 0.0223. The molecule has 0 saturated carbocycles. The van der Waals surface area contributed by atoms with E-state index in [2.05, 4.69) is 5.32 Å². The van der Waals surface area contributed by atoms with Crippen molar-refractivity contribution in [3.8, 4) is 0 Å². The van der Waals surface area contributed by atoms with Crippen LogP contribution >= 0.6 is 22.9 Å². The van der Waals surface area contributed by atoms with Gasteiger partial charge in [-0.2, -0.15) is 0 Å². The zero-order valence-corrected chi connectivity index (χ0v) is 19.3. The smallest absolute Gasteiger partial charge is 0.270 e. The Bertz CT molecular complexity index is 1370. The standard InChI is InChI=1S/C25H20ClN3O3S/c1-15-13-20(27-16-7-3-2-4-8-16)18-9-5-6-10-21(18)28(15)25(30)24-23(26)19-12-11-17(29(31)32)14-22(19)33-24/h2-12,14-15,20,27H,13H2,1H3. The molecule has 8 heteroatoms. The maximum Gasteiger partial charge on any atom is 0.270 e. The van der Waals surface area contributed by atoms with Crippen molar-refractivity contribution < 1.29 is 9.72 Å². The molecule has 1 N–H and O–H groups in total. The molecule has 0 bridgehead atoms. The highest BCUT2D eigenvalue weighted by molar-refractivity contribution is 7.21. The third kappa shape index (κ3) is 3.83. The Labute approximate surface area is 199 Å². The van der Waals surface area contributed by atoms with Crippen molar-refractivity contribution in [1.29, 1.82) is 0 Å². The number of nitro groups is 1. The molecule has 2 atom stereocenters. The van der Waals surface area contributed by atoms with E-state index in [0.717, 1.165) is 23.4 Å². The maximum absolute atomic E-state index is 13.7. The molecule has 3 aromatic carbocycles. The number of nitrogens with one attached hydrogen (secondary N) is 1. The van der Waals surface area contributed by atoms with Gasteiger partial charge in [0.2, 0.25) is 0 Å². The third-order valence-corrected chi connectivity index (χ3v) is 7.59. The van der Waals surface area contributed by atoms with Crippen molar-refractivity contribution in [3.05, 3.63) is 98.4 Å². The first-order valence-corrected chi connectivity index (χ1v) is 11.7. The Morgan fingerprint density at radius 2 is 1.85 bits per heavy atom. The summed E-state index contributed by atoms with van der Waals surface area (Å²) in [7, 11) is 0. The second-order valence-corrected chi connectivity index (χ2v) is 9.49. The summed E-state index contributed by atoms with van der Waals surface area (Å²) >= 11 is 7.79. The number of thiophene rings is 1. The summed E-state index contributed by atoms with van der Waals surface area (Å²) in [5, 5.41) is 15.7. The fraction of sp³-hybridized carbons (Fsp3) is 0.160. The van der Waals surface area contributed by atoms with Gasteiger partial charge in [-0.05, 0) is 43.2 Å². The Morgan fingerprint density at radius 3 is 2.61 bits per heavy atom. The SMILES string of the molecule is CC1CC(Nc2ccccc2)c2ccccc2N1C(=O)c1sc2cc([N+](=O)[O-])ccc2c1Cl. The number of carbonyl (C=O) groups excluding carboxylic acids is 1. The van der Waals surface area contributed by atoms with Crippen LogP contribution in [-0.4, -0.2) is 16.9 Å². The topological polar surface area (TPSA) is 75.5 Å². The molecule has 2 heterocycles. The number of para-hydroxylation sites is 2. The number of halogens is 1. The molecular formula is C25H20ClN3O3S. The quantitative estimate of drug-likeness (QED) is 0.252. The molecule has 0 aliphatic carbocycles. The molecule has 0 fully saturated rings. The molecule has 1 aliphatic rings. The molecular weight excluding hydrogens is 458 g/mol. The molecule has 33 heavy (non-hydrogen) atoms. The van der Waals surface area contributed by atoms with Gasteiger partial charge in [-0.15, -0.1) is 11.3 Å². The number of anilines is 2. The maximum atomic E-state index is 13.7. The second kappa shape index (κ2) is 8.50. The molecule has 1 aliphatic heterocycles. The van der Waals surface area contributed by atoms with Crippen LogP contribution < -0.4 is 10.2 Å². The number of nitro benzene ring substituents is 1. The molecule has 2 unspecified atom stereocenters. The van der Waals surface area contributed by atoms with Gasteiger partial charge in [0.15, 0.2) is 0 Å². The second-order valence-electron chi connectivity index (χ2n) is 8.06. The van der Waals surface area contributed by atoms with Gasteiger partial charge in [-0.3, -0.25) is 14.9 Å². The van der Waals surface area contributed by atoms with Gasteiger partial charge in [0, 0.05) is 39.6 Å². The van der Waals surface area contributed by atoms with E-state index in [4.69, 9.17) is 11.6 Å². The third-order valence-electron chi connectivity index (χ3n) is 5.94. The first-order chi connectivity index (χ1) is 15.9. The molecule has 1 amide bonds. The zero-order chi connectivity index (χ0) is 23.1. The van der Waals surface area contributed by atoms with Crippen molar-refractivity contribution >= 4 is 56.0 Å². The lowest BCUT2D eigenvalue weighted by molar-refractivity contribution is -0.384. The van der Waals surface area contributed by atoms with Gasteiger partial charge in [-0.1, -0.05) is 48.0 Å². The van der Waals surface area contributed by atoms with E-state index in [9.17, 15) is 14.9 Å². The van der Waals surface area contributed by atoms with E-state index in [1.165, 1.54) is 23.5 Å². The van der Waals surface area contributed by atoms with Crippen LogP contribution in [0.1, 0.15) is 34.6 Å². The summed E-state index contributed by atoms with van der Waals surface area (Å²) in [6.07, 6.45) is 0.728. The van der Waals surface area contributed by atoms with Crippen LogP contribution in [0.3, 0.4) is 0 Å². The summed E-state index contributed by atoms with van der Waals surface area (Å²) in [6.45, 7) is 2.03. The van der Waals surface area contributed by atoms with E-state index >= 15 is 0 Å². The highest BCUT2D eigenvalue weighted by Gasteiger charge is 2.35. The summed E-state index contributed by atoms with van der Waals surface area (Å²) in [4.78, 5) is 26.6. The van der Waals surface area contributed by atoms with Crippen LogP contribution in [0, 0.1) is 10.1 Å². The molecule has 4 aromatic rings. The van der Waals surface area contributed by atoms with Crippen LogP contribution in [0.5, 0.6) is 0 Å². The molecule has 0 saturated heterocycles. The minimum atomic E-state index is -0.447. The van der Waals surface area contributed by atoms with Crippen LogP contribution in [-0.2, 0) is 0 Å². The van der Waals surface area contributed by atoms with Gasteiger partial charge < -0.3 is 10.2 Å². The Hall–Kier alpha value is -3.42. The summed E-state index contributed by atoms with van der Waals surface area (Å²) in [5.74, 6) is -0.193. The number of benzene rings is 3. The first kappa shape index (κ1) is 21.4. The number of carbonyl (C=O) groups is 1. The average molecular weight is 478 g/mol. The van der Waals surface area contributed by atoms with Crippen molar-refractivity contribution in [2.24, 2.45) is 0 Å². The summed E-state index contributed by atoms with van der Waals surface area (Å²) < 4.78 is 0.624. The number of amides is 1. The predicted octanol–water partition coefficient (Wildman–Crippen LogP) is 7.06. The highest BCUT2D eigenvalue weighted by Crippen LogP contribution is 2.43. The average Bonchev–Trinajstić information content (AvgIpc) is 3.15. The number of hydrogen-bond acceptors (Lipinski definition) is 5. The van der Waals surface area contributed by atoms with Crippen molar-refractivity contribution in [3.63, 3.8) is 0 Å². The number of rotatable bonds is 4. The van der Waals surface area contributed by atoms with E-state index in [-0.39, 0.29) is 23.7 Å². The van der Waals surface area contributed by atoms with Crippen LogP contribution in [0.15, 0.2) is 72.8 Å². The lowest BCUT2D eigenvalue weighted by atomic mass is 9.91. The first-order valence-electron chi connectivity index (χ1n) is 10.5. The molecule has 5 rings (SSSR count). The number of nitrogens with zero attached hydrogens (tertiary/aromatic N) is 2. The van der Waals surface area contributed by atoms with Gasteiger partial charge in [0.05, 0.1) is 16.0 Å². The predicted molar refractivity (Wildman–Crippen MR) is 134 cm³/mol. The largest absolute Gasteiger partial charge is 0.378 e. The zero-order valence-electron chi connectivity index (χ0n) is 17.7. The number of fused-ring (bicyclic) bond motifs is 2. The normalized spacial score (nSPS) is 17.6.